The molecule has 0 saturated carbocycles. The minimum Gasteiger partial charge on any atom is -0.399 e. The number of benzene rings is 1. The molecule has 2 aromatic rings. The maximum atomic E-state index is 12.3. The number of rotatable bonds is 5. The van der Waals surface area contributed by atoms with E-state index < -0.39 is 10.0 Å². The van der Waals surface area contributed by atoms with Crippen LogP contribution in [0.4, 0.5) is 5.69 Å². The van der Waals surface area contributed by atoms with Gasteiger partial charge in [0.1, 0.15) is 0 Å². The first-order chi connectivity index (χ1) is 9.42. The van der Waals surface area contributed by atoms with Gasteiger partial charge in [0.2, 0.25) is 10.0 Å². The number of hydrogen-bond donors (Lipinski definition) is 2. The summed E-state index contributed by atoms with van der Waals surface area (Å²) in [6, 6.07) is 8.68. The number of nitrogens with one attached hydrogen (secondary N) is 1. The highest BCUT2D eigenvalue weighted by molar-refractivity contribution is 9.10. The van der Waals surface area contributed by atoms with Gasteiger partial charge in [0.05, 0.1) is 4.90 Å². The minimum atomic E-state index is -3.58. The summed E-state index contributed by atoms with van der Waals surface area (Å²) in [5, 5.41) is 0. The second-order valence-corrected chi connectivity index (χ2v) is 8.08. The molecule has 0 aliphatic carbocycles. The molecule has 4 nitrogen and oxygen atoms in total. The minimum absolute atomic E-state index is 0.157. The predicted octanol–water partition coefficient (Wildman–Crippen LogP) is 3.13. The maximum absolute atomic E-state index is 12.3. The Morgan fingerprint density at radius 2 is 1.95 bits per heavy atom. The molecule has 7 heteroatoms. The molecule has 0 atom stereocenters. The van der Waals surface area contributed by atoms with E-state index in [9.17, 15) is 8.42 Å². The molecule has 0 radical (unpaired) electrons. The van der Waals surface area contributed by atoms with Crippen LogP contribution in [0.1, 0.15) is 16.7 Å². The molecule has 3 N–H and O–H groups in total. The molecule has 0 saturated heterocycles. The van der Waals surface area contributed by atoms with Crippen LogP contribution in [0.3, 0.4) is 0 Å². The van der Waals surface area contributed by atoms with Gasteiger partial charge in [-0.2, -0.15) is 0 Å². The van der Waals surface area contributed by atoms with E-state index in [2.05, 4.69) is 27.6 Å². The molecule has 1 heterocycles. The smallest absolute Gasteiger partial charge is 0.242 e. The van der Waals surface area contributed by atoms with Gasteiger partial charge in [0, 0.05) is 26.5 Å². The molecule has 0 amide bonds. The molecular weight excluding hydrogens is 360 g/mol. The quantitative estimate of drug-likeness (QED) is 0.789. The fraction of sp³-hybridized carbons (Fsp3) is 0.231. The van der Waals surface area contributed by atoms with Crippen molar-refractivity contribution in [3.8, 4) is 0 Å². The summed E-state index contributed by atoms with van der Waals surface area (Å²) < 4.78 is 27.6. The summed E-state index contributed by atoms with van der Waals surface area (Å²) in [6.45, 7) is 2.36. The Morgan fingerprint density at radius 1 is 1.25 bits per heavy atom. The van der Waals surface area contributed by atoms with Gasteiger partial charge in [-0.15, -0.1) is 11.3 Å². The fourth-order valence-corrected chi connectivity index (χ4v) is 4.67. The molecule has 0 aliphatic heterocycles. The summed E-state index contributed by atoms with van der Waals surface area (Å²) in [6.07, 6.45) is 0.957. The van der Waals surface area contributed by atoms with Gasteiger partial charge in [0.15, 0.2) is 0 Å². The molecule has 1 aromatic heterocycles. The first-order valence-electron chi connectivity index (χ1n) is 6.04. The zero-order valence-electron chi connectivity index (χ0n) is 10.9. The van der Waals surface area contributed by atoms with Gasteiger partial charge in [-0.05, 0) is 52.7 Å². The summed E-state index contributed by atoms with van der Waals surface area (Å²) >= 11 is 4.85. The Bertz CT molecular complexity index is 711. The third kappa shape index (κ3) is 3.60. The van der Waals surface area contributed by atoms with Crippen LogP contribution in [-0.2, 0) is 23.0 Å². The van der Waals surface area contributed by atoms with Crippen LogP contribution >= 0.6 is 27.3 Å². The van der Waals surface area contributed by atoms with Gasteiger partial charge in [0.25, 0.3) is 0 Å². The summed E-state index contributed by atoms with van der Waals surface area (Å²) in [7, 11) is -3.58. The highest BCUT2D eigenvalue weighted by Crippen LogP contribution is 2.24. The standard InChI is InChI=1S/C13H15BrN2O2S2/c1-2-10-4-5-11(19-10)8-16-20(17,18)13-7-9(15)3-6-12(13)14/h3-7,16H,2,8,15H2,1H3. The van der Waals surface area contributed by atoms with Crippen LogP contribution in [0, 0.1) is 0 Å². The summed E-state index contributed by atoms with van der Waals surface area (Å²) in [4.78, 5) is 2.39. The Morgan fingerprint density at radius 3 is 2.60 bits per heavy atom. The molecular formula is C13H15BrN2O2S2. The molecule has 2 rings (SSSR count). The van der Waals surface area contributed by atoms with Crippen molar-refractivity contribution in [3.05, 3.63) is 44.6 Å². The summed E-state index contributed by atoms with van der Waals surface area (Å²) in [5.74, 6) is 0. The van der Waals surface area contributed by atoms with E-state index in [0.29, 0.717) is 10.2 Å². The lowest BCUT2D eigenvalue weighted by molar-refractivity contribution is 0.581. The van der Waals surface area contributed by atoms with Gasteiger partial charge < -0.3 is 5.73 Å². The average Bonchev–Trinajstić information content (AvgIpc) is 2.87. The van der Waals surface area contributed by atoms with Crippen LogP contribution in [0.25, 0.3) is 0 Å². The van der Waals surface area contributed by atoms with Crippen molar-refractivity contribution in [1.82, 2.24) is 4.72 Å². The molecule has 108 valence electrons. The van der Waals surface area contributed by atoms with Gasteiger partial charge in [-0.25, -0.2) is 13.1 Å². The number of anilines is 1. The van der Waals surface area contributed by atoms with Crippen molar-refractivity contribution in [1.29, 1.82) is 0 Å². The lowest BCUT2D eigenvalue weighted by Gasteiger charge is -2.08. The van der Waals surface area contributed by atoms with E-state index >= 15 is 0 Å². The Labute approximate surface area is 131 Å². The maximum Gasteiger partial charge on any atom is 0.242 e. The zero-order chi connectivity index (χ0) is 14.8. The number of aryl methyl sites for hydroxylation is 1. The number of nitrogen functional groups attached to an aromatic ring is 1. The Balaban J connectivity index is 2.17. The monoisotopic (exact) mass is 374 g/mol. The number of sulfonamides is 1. The van der Waals surface area contributed by atoms with E-state index in [1.807, 2.05) is 12.1 Å². The third-order valence-electron chi connectivity index (χ3n) is 2.75. The van der Waals surface area contributed by atoms with Gasteiger partial charge in [-0.3, -0.25) is 0 Å². The second kappa shape index (κ2) is 6.26. The van der Waals surface area contributed by atoms with Crippen LogP contribution in [-0.4, -0.2) is 8.42 Å². The predicted molar refractivity (Wildman–Crippen MR) is 86.3 cm³/mol. The first kappa shape index (κ1) is 15.5. The molecule has 0 aliphatic rings. The Hall–Kier alpha value is -0.890. The lowest BCUT2D eigenvalue weighted by Crippen LogP contribution is -2.23. The Kier molecular flexibility index (Phi) is 4.85. The number of halogens is 1. The van der Waals surface area contributed by atoms with Gasteiger partial charge >= 0.3 is 0 Å². The number of hydrogen-bond acceptors (Lipinski definition) is 4. The largest absolute Gasteiger partial charge is 0.399 e. The van der Waals surface area contributed by atoms with Crippen molar-refractivity contribution < 1.29 is 8.42 Å². The molecule has 0 bridgehead atoms. The highest BCUT2D eigenvalue weighted by atomic mass is 79.9. The van der Waals surface area contributed by atoms with E-state index in [1.54, 1.807) is 23.5 Å². The van der Waals surface area contributed by atoms with Crippen LogP contribution in [0.2, 0.25) is 0 Å². The fourth-order valence-electron chi connectivity index (χ4n) is 1.68. The highest BCUT2D eigenvalue weighted by Gasteiger charge is 2.18. The van der Waals surface area contributed by atoms with Crippen LogP contribution < -0.4 is 10.5 Å². The van der Waals surface area contributed by atoms with E-state index in [4.69, 9.17) is 5.73 Å². The topological polar surface area (TPSA) is 72.2 Å². The zero-order valence-corrected chi connectivity index (χ0v) is 14.1. The first-order valence-corrected chi connectivity index (χ1v) is 9.14. The van der Waals surface area contributed by atoms with Crippen molar-refractivity contribution in [2.75, 3.05) is 5.73 Å². The van der Waals surface area contributed by atoms with E-state index in [1.165, 1.54) is 10.9 Å². The van der Waals surface area contributed by atoms with Crippen LogP contribution in [0.15, 0.2) is 39.7 Å². The normalized spacial score (nSPS) is 11.7. The SMILES string of the molecule is CCc1ccc(CNS(=O)(=O)c2cc(N)ccc2Br)s1. The average molecular weight is 375 g/mol. The summed E-state index contributed by atoms with van der Waals surface area (Å²) in [5.41, 5.74) is 6.06. The van der Waals surface area contributed by atoms with Crippen molar-refractivity contribution in [2.45, 2.75) is 24.8 Å². The van der Waals surface area contributed by atoms with Crippen molar-refractivity contribution >= 4 is 43.0 Å². The van der Waals surface area contributed by atoms with E-state index in [-0.39, 0.29) is 11.4 Å². The van der Waals surface area contributed by atoms with Crippen molar-refractivity contribution in [2.24, 2.45) is 0 Å². The molecule has 20 heavy (non-hydrogen) atoms. The van der Waals surface area contributed by atoms with E-state index in [0.717, 1.165) is 11.3 Å². The number of nitrogens with two attached hydrogens (primary N) is 1. The second-order valence-electron chi connectivity index (χ2n) is 4.24. The van der Waals surface area contributed by atoms with Crippen LogP contribution in [0.5, 0.6) is 0 Å². The third-order valence-corrected chi connectivity index (χ3v) is 6.37. The molecule has 1 aromatic carbocycles. The number of thiophene rings is 1. The lowest BCUT2D eigenvalue weighted by atomic mass is 10.3. The molecule has 0 fully saturated rings. The molecule has 0 spiro atoms. The van der Waals surface area contributed by atoms with Gasteiger partial charge in [-0.1, -0.05) is 6.92 Å². The van der Waals surface area contributed by atoms with Crippen molar-refractivity contribution in [3.63, 3.8) is 0 Å². The molecule has 0 unspecified atom stereocenters.